The molecule has 1 aliphatic carbocycles. The number of hydrogen-bond donors (Lipinski definition) is 3. The number of aliphatic hydroxyl groups is 1. The summed E-state index contributed by atoms with van der Waals surface area (Å²) in [5.74, 6) is 0.734. The summed E-state index contributed by atoms with van der Waals surface area (Å²) < 4.78 is 40.8. The molecule has 1 aromatic carbocycles. The lowest BCUT2D eigenvalue weighted by Crippen LogP contribution is -2.28. The molecule has 6 nitrogen and oxygen atoms in total. The fraction of sp³-hybridized carbons (Fsp3) is 0.435. The second kappa shape index (κ2) is 9.28. The van der Waals surface area contributed by atoms with Gasteiger partial charge in [-0.3, -0.25) is 0 Å². The van der Waals surface area contributed by atoms with E-state index in [1.807, 2.05) is 6.07 Å². The molecule has 0 unspecified atom stereocenters. The highest BCUT2D eigenvalue weighted by Crippen LogP contribution is 2.31. The number of benzene rings is 1. The average Bonchev–Trinajstić information content (AvgIpc) is 2.75. The van der Waals surface area contributed by atoms with Gasteiger partial charge in [0.1, 0.15) is 23.3 Å². The van der Waals surface area contributed by atoms with Gasteiger partial charge in [0.25, 0.3) is 6.43 Å². The molecule has 0 radical (unpaired) electrons. The van der Waals surface area contributed by atoms with Gasteiger partial charge in [-0.25, -0.2) is 28.1 Å². The van der Waals surface area contributed by atoms with Crippen LogP contribution in [0.5, 0.6) is 0 Å². The van der Waals surface area contributed by atoms with Crippen molar-refractivity contribution in [2.45, 2.75) is 64.1 Å². The van der Waals surface area contributed by atoms with Gasteiger partial charge in [0.05, 0.1) is 29.4 Å². The van der Waals surface area contributed by atoms with E-state index in [1.165, 1.54) is 12.1 Å². The summed E-state index contributed by atoms with van der Waals surface area (Å²) in [5, 5.41) is 17.0. The molecular formula is C23H26F3N5O. The van der Waals surface area contributed by atoms with Crippen LogP contribution in [0, 0.1) is 12.7 Å². The second-order valence-electron chi connectivity index (χ2n) is 8.27. The smallest absolute Gasteiger partial charge is 0.266 e. The number of nitrogens with zero attached hydrogens (tertiary/aromatic N) is 3. The molecule has 2 aromatic heterocycles. The third-order valence-corrected chi connectivity index (χ3v) is 5.86. The molecule has 0 spiro atoms. The van der Waals surface area contributed by atoms with Crippen molar-refractivity contribution in [2.75, 3.05) is 10.6 Å². The molecular weight excluding hydrogens is 419 g/mol. The van der Waals surface area contributed by atoms with Gasteiger partial charge < -0.3 is 15.7 Å². The van der Waals surface area contributed by atoms with Gasteiger partial charge in [-0.05, 0) is 45.6 Å². The van der Waals surface area contributed by atoms with Gasteiger partial charge in [-0.2, -0.15) is 0 Å². The first-order valence-electron chi connectivity index (χ1n) is 10.7. The Labute approximate surface area is 184 Å². The van der Waals surface area contributed by atoms with Crippen LogP contribution in [0.3, 0.4) is 0 Å². The Balaban J connectivity index is 1.62. The number of aryl methyl sites for hydroxylation is 1. The van der Waals surface area contributed by atoms with Gasteiger partial charge in [0, 0.05) is 17.0 Å². The number of aliphatic hydroxyl groups excluding tert-OH is 1. The molecule has 170 valence electrons. The van der Waals surface area contributed by atoms with Crippen LogP contribution in [0.15, 0.2) is 30.5 Å². The largest absolute Gasteiger partial charge is 0.393 e. The molecule has 2 heterocycles. The lowest BCUT2D eigenvalue weighted by Gasteiger charge is -2.26. The van der Waals surface area contributed by atoms with Crippen LogP contribution in [0.1, 0.15) is 62.0 Å². The fourth-order valence-electron chi connectivity index (χ4n) is 4.12. The van der Waals surface area contributed by atoms with Crippen LogP contribution >= 0.6 is 0 Å². The molecule has 0 aliphatic heterocycles. The van der Waals surface area contributed by atoms with Crippen LogP contribution in [-0.2, 0) is 0 Å². The molecule has 1 aliphatic rings. The Morgan fingerprint density at radius 3 is 2.53 bits per heavy atom. The summed E-state index contributed by atoms with van der Waals surface area (Å²) in [6.07, 6.45) is 1.74. The third kappa shape index (κ3) is 4.77. The minimum atomic E-state index is -2.88. The average molecular weight is 445 g/mol. The monoisotopic (exact) mass is 445 g/mol. The van der Waals surface area contributed by atoms with Crippen LogP contribution in [0.25, 0.3) is 10.9 Å². The molecule has 0 saturated heterocycles. The molecule has 9 heteroatoms. The number of alkyl halides is 2. The van der Waals surface area contributed by atoms with E-state index in [0.717, 1.165) is 31.7 Å². The number of nitrogens with one attached hydrogen (secondary N) is 2. The summed E-state index contributed by atoms with van der Waals surface area (Å²) in [7, 11) is 0. The maximum absolute atomic E-state index is 14.6. The third-order valence-electron chi connectivity index (χ3n) is 5.86. The molecule has 3 aromatic rings. The van der Waals surface area contributed by atoms with Crippen molar-refractivity contribution < 1.29 is 18.3 Å². The molecule has 4 rings (SSSR count). The van der Waals surface area contributed by atoms with Crippen molar-refractivity contribution in [3.63, 3.8) is 0 Å². The highest BCUT2D eigenvalue weighted by Gasteiger charge is 2.22. The van der Waals surface area contributed by atoms with Gasteiger partial charge >= 0.3 is 0 Å². The van der Waals surface area contributed by atoms with Gasteiger partial charge in [0.15, 0.2) is 0 Å². The number of hydrogen-bond acceptors (Lipinski definition) is 6. The zero-order valence-corrected chi connectivity index (χ0v) is 17.9. The first-order chi connectivity index (χ1) is 15.3. The zero-order valence-electron chi connectivity index (χ0n) is 17.9. The maximum Gasteiger partial charge on any atom is 0.266 e. The first-order valence-corrected chi connectivity index (χ1v) is 10.7. The van der Waals surface area contributed by atoms with E-state index in [0.29, 0.717) is 28.4 Å². The van der Waals surface area contributed by atoms with Crippen LogP contribution in [-0.4, -0.2) is 32.2 Å². The Kier molecular flexibility index (Phi) is 6.45. The number of halogens is 3. The van der Waals surface area contributed by atoms with E-state index < -0.39 is 23.8 Å². The van der Waals surface area contributed by atoms with Crippen LogP contribution < -0.4 is 10.6 Å². The summed E-state index contributed by atoms with van der Waals surface area (Å²) in [4.78, 5) is 13.3. The predicted molar refractivity (Wildman–Crippen MR) is 117 cm³/mol. The Bertz CT molecular complexity index is 1100. The Morgan fingerprint density at radius 1 is 1.09 bits per heavy atom. The van der Waals surface area contributed by atoms with Crippen molar-refractivity contribution in [3.05, 3.63) is 53.2 Å². The molecule has 0 amide bonds. The zero-order chi connectivity index (χ0) is 22.8. The van der Waals surface area contributed by atoms with E-state index in [-0.39, 0.29) is 17.7 Å². The van der Waals surface area contributed by atoms with Gasteiger partial charge in [-0.15, -0.1) is 0 Å². The predicted octanol–water partition coefficient (Wildman–Crippen LogP) is 5.30. The van der Waals surface area contributed by atoms with E-state index in [2.05, 4.69) is 25.6 Å². The topological polar surface area (TPSA) is 83.0 Å². The highest BCUT2D eigenvalue weighted by molar-refractivity contribution is 5.90. The van der Waals surface area contributed by atoms with Crippen molar-refractivity contribution in [3.8, 4) is 0 Å². The standard InChI is InChI=1S/C23H26F3N5O/c1-12(16-4-3-5-17(21(16)24)22(25)26)28-23-18-10-20(27-11-19(18)29-13(2)30-23)31-14-6-8-15(32)9-7-14/h3-5,10-12,14-15,22,32H,6-9H2,1-2H3,(H,27,31)(H,28,29,30)/t12-,14?,15?/m1/s1. The summed E-state index contributed by atoms with van der Waals surface area (Å²) in [6.45, 7) is 3.44. The maximum atomic E-state index is 14.6. The quantitative estimate of drug-likeness (QED) is 0.478. The fourth-order valence-corrected chi connectivity index (χ4v) is 4.12. The van der Waals surface area contributed by atoms with E-state index in [1.54, 1.807) is 20.0 Å². The van der Waals surface area contributed by atoms with Crippen LogP contribution in [0.4, 0.5) is 24.8 Å². The number of rotatable bonds is 6. The number of anilines is 2. The SMILES string of the molecule is Cc1nc(N[C@H](C)c2cccc(C(F)F)c2F)c2cc(NC3CCC(O)CC3)ncc2n1. The van der Waals surface area contributed by atoms with Gasteiger partial charge in [-0.1, -0.05) is 18.2 Å². The number of aromatic nitrogens is 3. The normalized spacial score (nSPS) is 19.8. The number of pyridine rings is 1. The molecule has 1 fully saturated rings. The van der Waals surface area contributed by atoms with Crippen LogP contribution in [0.2, 0.25) is 0 Å². The molecule has 1 atom stereocenters. The molecule has 1 saturated carbocycles. The molecule has 0 bridgehead atoms. The van der Waals surface area contributed by atoms with E-state index in [4.69, 9.17) is 0 Å². The molecule has 32 heavy (non-hydrogen) atoms. The van der Waals surface area contributed by atoms with Gasteiger partial charge in [0.2, 0.25) is 0 Å². The van der Waals surface area contributed by atoms with E-state index >= 15 is 0 Å². The number of fused-ring (bicyclic) bond motifs is 1. The van der Waals surface area contributed by atoms with Crippen molar-refractivity contribution >= 4 is 22.5 Å². The lowest BCUT2D eigenvalue weighted by atomic mass is 9.93. The summed E-state index contributed by atoms with van der Waals surface area (Å²) in [6, 6.07) is 5.46. The lowest BCUT2D eigenvalue weighted by molar-refractivity contribution is 0.126. The van der Waals surface area contributed by atoms with Crippen molar-refractivity contribution in [1.29, 1.82) is 0 Å². The Morgan fingerprint density at radius 2 is 1.81 bits per heavy atom. The Hall–Kier alpha value is -2.94. The summed E-state index contributed by atoms with van der Waals surface area (Å²) in [5.41, 5.74) is 0.146. The minimum Gasteiger partial charge on any atom is -0.393 e. The minimum absolute atomic E-state index is 0.139. The summed E-state index contributed by atoms with van der Waals surface area (Å²) >= 11 is 0. The van der Waals surface area contributed by atoms with E-state index in [9.17, 15) is 18.3 Å². The van der Waals surface area contributed by atoms with Crippen molar-refractivity contribution in [1.82, 2.24) is 15.0 Å². The second-order valence-corrected chi connectivity index (χ2v) is 8.27. The van der Waals surface area contributed by atoms with Crippen molar-refractivity contribution in [2.24, 2.45) is 0 Å². The molecule has 3 N–H and O–H groups in total. The first kappa shape index (κ1) is 22.3. The highest BCUT2D eigenvalue weighted by atomic mass is 19.3.